The number of hydrogen-bond acceptors (Lipinski definition) is 10. The minimum Gasteiger partial charge on any atom is -0.477 e. The maximum atomic E-state index is 13.2. The molecule has 0 saturated carbocycles. The number of rotatable bonds is 9. The molecule has 0 aliphatic heterocycles. The number of aryl methyl sites for hydroxylation is 2. The average Bonchev–Trinajstić information content (AvgIpc) is 0.809. The number of pyridine rings is 7. The second-order valence-corrected chi connectivity index (χ2v) is 20.4. The van der Waals surface area contributed by atoms with Gasteiger partial charge in [-0.1, -0.05) is 110 Å². The summed E-state index contributed by atoms with van der Waals surface area (Å²) >= 11 is 0. The van der Waals surface area contributed by atoms with E-state index in [-0.39, 0.29) is 110 Å². The van der Waals surface area contributed by atoms with Crippen LogP contribution in [0.2, 0.25) is 0 Å². The number of benzene rings is 7. The first-order valence-electron chi connectivity index (χ1n) is 30.1. The number of ketones is 2. The number of Topliss-reactive ketones (excluding diaryl/α,β-unsaturated/α-hetero) is 2. The summed E-state index contributed by atoms with van der Waals surface area (Å²) in [5, 5.41) is 9.54. The molecule has 17 heteroatoms. The van der Waals surface area contributed by atoms with Gasteiger partial charge in [0, 0.05) is 135 Å². The van der Waals surface area contributed by atoms with Crippen LogP contribution in [-0.2, 0) is 90.0 Å². The first kappa shape index (κ1) is 84.3. The van der Waals surface area contributed by atoms with Crippen molar-refractivity contribution in [3.05, 3.63) is 369 Å². The van der Waals surface area contributed by atoms with Crippen LogP contribution in [0.4, 0.5) is 8.78 Å². The largest absolute Gasteiger partial charge is 0.477 e. The Bertz CT molecular complexity index is 4260. The Hall–Kier alpha value is -9.88. The summed E-state index contributed by atoms with van der Waals surface area (Å²) in [5.74, 6) is -2.40. The van der Waals surface area contributed by atoms with Crippen LogP contribution < -0.4 is 0 Å². The van der Waals surface area contributed by atoms with Crippen LogP contribution in [0.25, 0.3) is 78.4 Å². The number of hydrogen-bond donors (Lipinski definition) is 1. The monoisotopic (exact) mass is 2030 g/mol. The number of aromatic carboxylic acids is 1. The van der Waals surface area contributed by atoms with Gasteiger partial charge in [-0.05, 0) is 109 Å². The topological polar surface area (TPSA) is 162 Å². The summed E-state index contributed by atoms with van der Waals surface area (Å²) in [4.78, 5) is 59.3. The number of carboxylic acids is 1. The number of nitrogens with zero attached hydrogens (tertiary/aromatic N) is 7. The molecule has 100 heavy (non-hydrogen) atoms. The zero-order chi connectivity index (χ0) is 68.0. The predicted octanol–water partition coefficient (Wildman–Crippen LogP) is 18.7. The molecule has 0 unspecified atom stereocenters. The third kappa shape index (κ3) is 30.5. The van der Waals surface area contributed by atoms with Crippen molar-refractivity contribution in [2.75, 3.05) is 0 Å². The maximum Gasteiger partial charge on any atom is 0.354 e. The Morgan fingerprint density at radius 3 is 1.09 bits per heavy atom. The fraction of sp³-hybridized carbons (Fsp3) is 0.0602. The Morgan fingerprint density at radius 2 is 0.750 bits per heavy atom. The van der Waals surface area contributed by atoms with Gasteiger partial charge in [-0.3, -0.25) is 23.4 Å². The molecule has 0 saturated heterocycles. The van der Waals surface area contributed by atoms with Crippen molar-refractivity contribution in [2.45, 2.75) is 34.1 Å². The summed E-state index contributed by atoms with van der Waals surface area (Å²) in [7, 11) is 0. The number of aromatic nitrogens is 7. The second kappa shape index (κ2) is 48.0. The molecule has 0 aliphatic carbocycles. The molecule has 14 rings (SSSR count). The van der Waals surface area contributed by atoms with Crippen LogP contribution >= 0.6 is 0 Å². The van der Waals surface area contributed by atoms with E-state index < -0.39 is 17.6 Å². The number of carbonyl (C=O) groups is 3. The summed E-state index contributed by atoms with van der Waals surface area (Å²) in [5.41, 5.74) is 14.3. The van der Waals surface area contributed by atoms with Crippen molar-refractivity contribution in [2.24, 2.45) is 0 Å². The zero-order valence-electron chi connectivity index (χ0n) is 54.5. The van der Waals surface area contributed by atoms with Gasteiger partial charge in [-0.25, -0.2) is 9.78 Å². The minimum absolute atomic E-state index is 0. The summed E-state index contributed by atoms with van der Waals surface area (Å²) in [6.07, 6.45) is 10.2. The quantitative estimate of drug-likeness (QED) is 0.108. The Kier molecular flexibility index (Phi) is 40.5. The zero-order valence-corrected chi connectivity index (χ0v) is 64.0. The number of carboxylic acid groups (broad SMARTS) is 1. The molecule has 7 aromatic heterocycles. The van der Waals surface area contributed by atoms with Crippen molar-refractivity contribution in [3.63, 3.8) is 0 Å². The number of fused-ring (bicyclic) bond motifs is 1. The second-order valence-electron chi connectivity index (χ2n) is 20.4. The molecule has 1 N–H and O–H groups in total. The standard InChI is InChI=1S/C16H12N.C12H10N.C11H6F2N.3C11H8N.C6H5NO2.C5H8O2.4Ir/c1-12-11-16(13-7-3-2-4-8-13)17-15-10-6-5-9-14(12)15;1-10-5-4-6-11(9-10)12-7-2-3-8-13-12;12-8-4-5-9(10(13)7-8)11-3-1-2-6-14-11;3*1-2-6-10(7-3-1)11-8-4-5-9-12-11;8-6(9)5-3-1-2-4-7-5;1-4(6)3-5(2)7;;;;/h2-7,9-11H,1H3;2-5,7-9H,1H3;1-4,6-7H;3*1-6,8-9H;1-4H,(H,8,9);3H2,1-2H3;;;;/q6*-1;;;;;;. The molecule has 0 amide bonds. The van der Waals surface area contributed by atoms with E-state index in [9.17, 15) is 23.2 Å². The van der Waals surface area contributed by atoms with E-state index >= 15 is 0 Å². The van der Waals surface area contributed by atoms with Crippen LogP contribution in [0.5, 0.6) is 0 Å². The molecular weight excluding hydrogens is 1970 g/mol. The molecule has 4 radical (unpaired) electrons. The summed E-state index contributed by atoms with van der Waals surface area (Å²) < 4.78 is 25.8. The fourth-order valence-electron chi connectivity index (χ4n) is 8.51. The van der Waals surface area contributed by atoms with E-state index in [2.05, 4.69) is 109 Å². The van der Waals surface area contributed by atoms with E-state index in [0.717, 1.165) is 73.9 Å². The van der Waals surface area contributed by atoms with Crippen molar-refractivity contribution in [3.8, 4) is 67.5 Å². The predicted molar refractivity (Wildman–Crippen MR) is 375 cm³/mol. The number of carbonyl (C=O) groups excluding carboxylic acids is 2. The first-order valence-corrected chi connectivity index (χ1v) is 30.1. The van der Waals surface area contributed by atoms with Gasteiger partial charge in [0.15, 0.2) is 0 Å². The first-order chi connectivity index (χ1) is 46.8. The van der Waals surface area contributed by atoms with Crippen molar-refractivity contribution in [1.82, 2.24) is 34.9 Å². The molecular formula is C83H65F2Ir4N7O4-6. The SMILES string of the molecule is CC(=O)CC(C)=O.Cc1cc(-c2[c-]cccc2)nc2ccccc12.Cc1cc[c-]c(-c2ccccn2)c1.Fc1c[c-]c(-c2ccccn2)c(F)c1.O=C(O)c1ccccn1.[Ir].[Ir].[Ir].[Ir].[c-]1ccccc1-c1ccccn1.[c-]1ccccc1-c1ccccn1.[c-]1ccccc1-c1ccccn1. The van der Waals surface area contributed by atoms with Gasteiger partial charge >= 0.3 is 5.97 Å². The van der Waals surface area contributed by atoms with E-state index in [1.807, 2.05) is 194 Å². The van der Waals surface area contributed by atoms with Gasteiger partial charge in [-0.2, -0.15) is 0 Å². The third-order valence-corrected chi connectivity index (χ3v) is 12.9. The summed E-state index contributed by atoms with van der Waals surface area (Å²) in [6.45, 7) is 7.00. The molecule has 7 heterocycles. The summed E-state index contributed by atoms with van der Waals surface area (Å²) in [6, 6.07) is 101. The maximum absolute atomic E-state index is 13.2. The van der Waals surface area contributed by atoms with Gasteiger partial charge < -0.3 is 30.0 Å². The van der Waals surface area contributed by atoms with E-state index in [1.165, 1.54) is 42.6 Å². The number of para-hydroxylation sites is 1. The van der Waals surface area contributed by atoms with Gasteiger partial charge in [0.05, 0.1) is 11.9 Å². The van der Waals surface area contributed by atoms with E-state index in [4.69, 9.17) is 5.11 Å². The van der Waals surface area contributed by atoms with Gasteiger partial charge in [0.2, 0.25) is 0 Å². The van der Waals surface area contributed by atoms with Crippen LogP contribution in [0.1, 0.15) is 41.9 Å². The van der Waals surface area contributed by atoms with Gasteiger partial charge in [0.1, 0.15) is 17.3 Å². The van der Waals surface area contributed by atoms with Crippen LogP contribution in [0.15, 0.2) is 304 Å². The van der Waals surface area contributed by atoms with Gasteiger partial charge in [0.25, 0.3) is 0 Å². The van der Waals surface area contributed by atoms with Crippen LogP contribution in [0, 0.1) is 61.9 Å². The molecule has 0 bridgehead atoms. The Labute approximate surface area is 637 Å². The molecule has 14 aromatic rings. The molecule has 0 spiro atoms. The minimum atomic E-state index is -0.990. The molecule has 7 aromatic carbocycles. The molecule has 11 nitrogen and oxygen atoms in total. The molecule has 0 aliphatic rings. The molecule has 0 fully saturated rings. The van der Waals surface area contributed by atoms with Crippen LogP contribution in [-0.4, -0.2) is 57.5 Å². The van der Waals surface area contributed by atoms with Crippen LogP contribution in [0.3, 0.4) is 0 Å². The van der Waals surface area contributed by atoms with Crippen molar-refractivity contribution >= 4 is 28.4 Å². The average molecular weight is 2030 g/mol. The normalized spacial score (nSPS) is 9.38. The fourth-order valence-corrected chi connectivity index (χ4v) is 8.51. The molecule has 512 valence electrons. The van der Waals surface area contributed by atoms with Gasteiger partial charge in [-0.15, -0.1) is 191 Å². The number of halogens is 2. The van der Waals surface area contributed by atoms with Crippen molar-refractivity contribution in [1.29, 1.82) is 0 Å². The Balaban J connectivity index is 0.000000299. The van der Waals surface area contributed by atoms with E-state index in [0.29, 0.717) is 5.69 Å². The van der Waals surface area contributed by atoms with Crippen molar-refractivity contribution < 1.29 is 109 Å². The Morgan fingerprint density at radius 1 is 0.380 bits per heavy atom. The smallest absolute Gasteiger partial charge is 0.354 e. The molecule has 0 atom stereocenters. The van der Waals surface area contributed by atoms with E-state index in [1.54, 1.807) is 61.3 Å². The third-order valence-electron chi connectivity index (χ3n) is 12.9.